The number of nitrogens with zero attached hydrogens (tertiary/aromatic N) is 5. The Kier molecular flexibility index (Phi) is 4.16. The van der Waals surface area contributed by atoms with E-state index in [9.17, 15) is 0 Å². The lowest BCUT2D eigenvalue weighted by molar-refractivity contribution is 0.170. The Morgan fingerprint density at radius 1 is 1.21 bits per heavy atom. The van der Waals surface area contributed by atoms with Gasteiger partial charge in [0.25, 0.3) is 0 Å². The molecule has 3 aromatic rings. The molecule has 29 heavy (non-hydrogen) atoms. The largest absolute Gasteiger partial charge is 0.492 e. The summed E-state index contributed by atoms with van der Waals surface area (Å²) in [6.07, 6.45) is 0.889. The van der Waals surface area contributed by atoms with E-state index in [0.717, 1.165) is 41.4 Å². The van der Waals surface area contributed by atoms with Crippen molar-refractivity contribution in [3.63, 3.8) is 0 Å². The normalized spacial score (nSPS) is 18.0. The third-order valence-corrected chi connectivity index (χ3v) is 5.94. The lowest BCUT2D eigenvalue weighted by Crippen LogP contribution is -2.35. The first kappa shape index (κ1) is 17.9. The second-order valence-electron chi connectivity index (χ2n) is 7.52. The monoisotopic (exact) mass is 393 g/mol. The van der Waals surface area contributed by atoms with Crippen molar-refractivity contribution >= 4 is 0 Å². The molecule has 0 radical (unpaired) electrons. The minimum Gasteiger partial charge on any atom is -0.492 e. The Bertz CT molecular complexity index is 1090. The smallest absolute Gasteiger partial charge is 0.231 e. The van der Waals surface area contributed by atoms with Crippen molar-refractivity contribution in [2.45, 2.75) is 26.3 Å². The van der Waals surface area contributed by atoms with Crippen molar-refractivity contribution in [2.75, 3.05) is 27.5 Å². The second kappa shape index (κ2) is 6.73. The van der Waals surface area contributed by atoms with Crippen LogP contribution in [-0.2, 0) is 6.42 Å². The average Bonchev–Trinajstić information content (AvgIpc) is 3.38. The van der Waals surface area contributed by atoms with Gasteiger partial charge in [-0.1, -0.05) is 12.1 Å². The maximum Gasteiger partial charge on any atom is 0.231 e. The van der Waals surface area contributed by atoms with E-state index < -0.39 is 0 Å². The third kappa shape index (κ3) is 2.66. The van der Waals surface area contributed by atoms with Crippen LogP contribution in [0.2, 0.25) is 0 Å². The summed E-state index contributed by atoms with van der Waals surface area (Å²) in [4.78, 5) is 2.25. The van der Waals surface area contributed by atoms with Gasteiger partial charge in [-0.2, -0.15) is 4.68 Å². The van der Waals surface area contributed by atoms with Gasteiger partial charge in [-0.25, -0.2) is 0 Å². The molecule has 8 nitrogen and oxygen atoms in total. The maximum atomic E-state index is 5.81. The summed E-state index contributed by atoms with van der Waals surface area (Å²) in [6, 6.07) is 8.06. The van der Waals surface area contributed by atoms with E-state index in [2.05, 4.69) is 53.5 Å². The number of aromatic nitrogens is 4. The van der Waals surface area contributed by atoms with Crippen LogP contribution in [0.3, 0.4) is 0 Å². The Morgan fingerprint density at radius 3 is 2.90 bits per heavy atom. The SMILES string of the molecule is COc1c2c(cc3c1C(c1nnnn1-c1cccc(C)c1C)N(C)CC3)OCO2. The van der Waals surface area contributed by atoms with E-state index in [1.165, 1.54) is 11.1 Å². The first-order valence-corrected chi connectivity index (χ1v) is 9.64. The number of benzene rings is 2. The number of aryl methyl sites for hydroxylation is 1. The van der Waals surface area contributed by atoms with Crippen LogP contribution in [0.15, 0.2) is 24.3 Å². The molecule has 2 aliphatic heterocycles. The van der Waals surface area contributed by atoms with Gasteiger partial charge in [0, 0.05) is 12.1 Å². The predicted octanol–water partition coefficient (Wildman–Crippen LogP) is 2.59. The standard InChI is InChI=1S/C21H23N5O3/c1-12-6-5-7-15(13(12)2)26-21(22-23-24-26)18-17-14(8-9-25(18)3)10-16-19(20(17)27-4)29-11-28-16/h5-7,10,18H,8-9,11H2,1-4H3. The van der Waals surface area contributed by atoms with E-state index in [1.54, 1.807) is 7.11 Å². The summed E-state index contributed by atoms with van der Waals surface area (Å²) >= 11 is 0. The fraction of sp³-hybridized carbons (Fsp3) is 0.381. The van der Waals surface area contributed by atoms with E-state index in [-0.39, 0.29) is 12.8 Å². The van der Waals surface area contributed by atoms with E-state index in [1.807, 2.05) is 16.8 Å². The van der Waals surface area contributed by atoms with Gasteiger partial charge in [-0.15, -0.1) is 5.10 Å². The highest BCUT2D eigenvalue weighted by atomic mass is 16.7. The predicted molar refractivity (Wildman–Crippen MR) is 106 cm³/mol. The molecule has 3 heterocycles. The number of hydrogen-bond donors (Lipinski definition) is 0. The average molecular weight is 393 g/mol. The molecule has 2 aliphatic rings. The molecule has 0 amide bonds. The van der Waals surface area contributed by atoms with Crippen LogP contribution < -0.4 is 14.2 Å². The van der Waals surface area contributed by atoms with Gasteiger partial charge in [0.2, 0.25) is 12.5 Å². The van der Waals surface area contributed by atoms with Crippen molar-refractivity contribution in [1.82, 2.24) is 25.1 Å². The van der Waals surface area contributed by atoms with Crippen LogP contribution in [0.25, 0.3) is 5.69 Å². The molecule has 1 aromatic heterocycles. The van der Waals surface area contributed by atoms with Gasteiger partial charge in [-0.3, -0.25) is 4.90 Å². The van der Waals surface area contributed by atoms with Gasteiger partial charge in [0.05, 0.1) is 12.8 Å². The molecule has 0 fully saturated rings. The maximum absolute atomic E-state index is 5.81. The van der Waals surface area contributed by atoms with Crippen LogP contribution >= 0.6 is 0 Å². The first-order valence-electron chi connectivity index (χ1n) is 9.64. The lowest BCUT2D eigenvalue weighted by Gasteiger charge is -2.35. The molecular weight excluding hydrogens is 370 g/mol. The summed E-state index contributed by atoms with van der Waals surface area (Å²) < 4.78 is 19.0. The Balaban J connectivity index is 1.72. The quantitative estimate of drug-likeness (QED) is 0.677. The van der Waals surface area contributed by atoms with Crippen molar-refractivity contribution < 1.29 is 14.2 Å². The molecule has 0 bridgehead atoms. The number of methoxy groups -OCH3 is 1. The Hall–Kier alpha value is -3.13. The molecule has 2 aromatic carbocycles. The fourth-order valence-electron chi connectivity index (χ4n) is 4.26. The van der Waals surface area contributed by atoms with Gasteiger partial charge in [0.15, 0.2) is 17.3 Å². The molecule has 150 valence electrons. The van der Waals surface area contributed by atoms with E-state index >= 15 is 0 Å². The van der Waals surface area contributed by atoms with Crippen LogP contribution in [0, 0.1) is 13.8 Å². The summed E-state index contributed by atoms with van der Waals surface area (Å²) in [5.41, 5.74) is 5.53. The fourth-order valence-corrected chi connectivity index (χ4v) is 4.26. The number of tetrazole rings is 1. The molecule has 0 spiro atoms. The van der Waals surface area contributed by atoms with Gasteiger partial charge >= 0.3 is 0 Å². The van der Waals surface area contributed by atoms with E-state index in [0.29, 0.717) is 11.5 Å². The number of rotatable bonds is 3. The van der Waals surface area contributed by atoms with Crippen LogP contribution in [-0.4, -0.2) is 52.6 Å². The minimum absolute atomic E-state index is 0.168. The molecule has 0 aliphatic carbocycles. The first-order chi connectivity index (χ1) is 14.1. The molecular formula is C21H23N5O3. The second-order valence-corrected chi connectivity index (χ2v) is 7.52. The zero-order valence-electron chi connectivity index (χ0n) is 17.0. The zero-order valence-corrected chi connectivity index (χ0v) is 17.0. The molecule has 0 saturated carbocycles. The highest BCUT2D eigenvalue weighted by Crippen LogP contribution is 2.50. The molecule has 1 unspecified atom stereocenters. The Morgan fingerprint density at radius 2 is 2.07 bits per heavy atom. The molecule has 0 N–H and O–H groups in total. The lowest BCUT2D eigenvalue weighted by atomic mass is 9.90. The van der Waals surface area contributed by atoms with Crippen molar-refractivity contribution in [3.05, 3.63) is 52.3 Å². The van der Waals surface area contributed by atoms with Gasteiger partial charge < -0.3 is 14.2 Å². The van der Waals surface area contributed by atoms with E-state index in [4.69, 9.17) is 14.2 Å². The van der Waals surface area contributed by atoms with Crippen LogP contribution in [0.1, 0.15) is 34.1 Å². The summed E-state index contributed by atoms with van der Waals surface area (Å²) in [6.45, 7) is 5.26. The third-order valence-electron chi connectivity index (χ3n) is 5.94. The number of hydrogen-bond acceptors (Lipinski definition) is 7. The summed E-state index contributed by atoms with van der Waals surface area (Å²) in [5, 5.41) is 12.8. The van der Waals surface area contributed by atoms with Gasteiger partial charge in [-0.05, 0) is 66.6 Å². The highest BCUT2D eigenvalue weighted by Gasteiger charge is 2.37. The molecule has 0 saturated heterocycles. The van der Waals surface area contributed by atoms with Crippen molar-refractivity contribution in [1.29, 1.82) is 0 Å². The molecule has 1 atom stereocenters. The minimum atomic E-state index is -0.168. The van der Waals surface area contributed by atoms with Crippen LogP contribution in [0.5, 0.6) is 17.2 Å². The van der Waals surface area contributed by atoms with Crippen molar-refractivity contribution in [2.24, 2.45) is 0 Å². The zero-order chi connectivity index (χ0) is 20.1. The van der Waals surface area contributed by atoms with Crippen molar-refractivity contribution in [3.8, 4) is 22.9 Å². The molecule has 5 rings (SSSR count). The summed E-state index contributed by atoms with van der Waals surface area (Å²) in [5.74, 6) is 2.83. The Labute approximate surface area is 169 Å². The summed E-state index contributed by atoms with van der Waals surface area (Å²) in [7, 11) is 3.75. The topological polar surface area (TPSA) is 74.5 Å². The number of likely N-dealkylation sites (N-methyl/N-ethyl adjacent to an activating group) is 1. The molecule has 8 heteroatoms. The van der Waals surface area contributed by atoms with Gasteiger partial charge in [0.1, 0.15) is 6.04 Å². The van der Waals surface area contributed by atoms with Crippen LogP contribution in [0.4, 0.5) is 0 Å². The number of ether oxygens (including phenoxy) is 3. The highest BCUT2D eigenvalue weighted by molar-refractivity contribution is 5.62. The number of fused-ring (bicyclic) bond motifs is 2.